The first-order valence-electron chi connectivity index (χ1n) is 8.95. The highest BCUT2D eigenvalue weighted by Crippen LogP contribution is 2.19. The van der Waals surface area contributed by atoms with Crippen LogP contribution in [0.5, 0.6) is 0 Å². The van der Waals surface area contributed by atoms with E-state index in [2.05, 4.69) is 16.3 Å². The predicted molar refractivity (Wildman–Crippen MR) is 107 cm³/mol. The Morgan fingerprint density at radius 3 is 2.42 bits per heavy atom. The van der Waals surface area contributed by atoms with Gasteiger partial charge in [-0.15, -0.1) is 0 Å². The molecule has 1 fully saturated rings. The van der Waals surface area contributed by atoms with Gasteiger partial charge in [0.2, 0.25) is 0 Å². The van der Waals surface area contributed by atoms with E-state index in [0.717, 1.165) is 53.9 Å². The molecule has 0 aromatic heterocycles. The van der Waals surface area contributed by atoms with Crippen LogP contribution in [0.3, 0.4) is 0 Å². The van der Waals surface area contributed by atoms with Crippen LogP contribution < -0.4 is 15.1 Å². The molecule has 2 N–H and O–H groups in total. The van der Waals surface area contributed by atoms with Crippen LogP contribution in [0.2, 0.25) is 10.0 Å². The van der Waals surface area contributed by atoms with E-state index in [4.69, 9.17) is 23.2 Å². The number of piperazine rings is 1. The Labute approximate surface area is 164 Å². The van der Waals surface area contributed by atoms with Gasteiger partial charge in [0.25, 0.3) is 5.91 Å². The molecule has 1 aliphatic heterocycles. The van der Waals surface area contributed by atoms with Gasteiger partial charge in [-0.25, -0.2) is 0 Å². The highest BCUT2D eigenvalue weighted by molar-refractivity contribution is 6.31. The number of hydrogen-bond acceptors (Lipinski definition) is 2. The fourth-order valence-corrected chi connectivity index (χ4v) is 3.66. The number of nitrogens with zero attached hydrogens (tertiary/aromatic N) is 1. The third-order valence-corrected chi connectivity index (χ3v) is 5.15. The molecule has 26 heavy (non-hydrogen) atoms. The Balaban J connectivity index is 1.38. The predicted octanol–water partition coefficient (Wildman–Crippen LogP) is 2.06. The molecule has 2 aromatic rings. The number of benzene rings is 2. The van der Waals surface area contributed by atoms with E-state index in [9.17, 15) is 4.79 Å². The number of amides is 1. The molecule has 2 aromatic carbocycles. The average Bonchev–Trinajstić information content (AvgIpc) is 2.62. The largest absolute Gasteiger partial charge is 0.360 e. The number of nitrogens with one attached hydrogen (secondary N) is 2. The minimum Gasteiger partial charge on any atom is -0.360 e. The molecule has 0 atom stereocenters. The summed E-state index contributed by atoms with van der Waals surface area (Å²) in [6.45, 7) is 4.94. The molecular formula is C20H24Cl2N3O+. The molecule has 0 bridgehead atoms. The van der Waals surface area contributed by atoms with E-state index in [1.807, 2.05) is 42.5 Å². The SMILES string of the molecule is O=C(C[NH+]1CCN(c2cccc(Cl)c2)CC1)NCCc1cccc(Cl)c1. The average molecular weight is 393 g/mol. The minimum atomic E-state index is 0.109. The molecule has 1 amide bonds. The summed E-state index contributed by atoms with van der Waals surface area (Å²) in [4.78, 5) is 15.8. The molecule has 4 nitrogen and oxygen atoms in total. The van der Waals surface area contributed by atoms with E-state index < -0.39 is 0 Å². The molecule has 6 heteroatoms. The molecule has 1 aliphatic rings. The van der Waals surface area contributed by atoms with Crippen molar-refractivity contribution in [2.75, 3.05) is 44.2 Å². The lowest BCUT2D eigenvalue weighted by molar-refractivity contribution is -0.892. The Bertz CT molecular complexity index is 745. The summed E-state index contributed by atoms with van der Waals surface area (Å²) >= 11 is 12.0. The van der Waals surface area contributed by atoms with Crippen molar-refractivity contribution < 1.29 is 9.69 Å². The van der Waals surface area contributed by atoms with Gasteiger partial charge < -0.3 is 15.1 Å². The van der Waals surface area contributed by atoms with Gasteiger partial charge in [-0.3, -0.25) is 4.79 Å². The maximum Gasteiger partial charge on any atom is 0.275 e. The van der Waals surface area contributed by atoms with Gasteiger partial charge in [0.05, 0.1) is 26.2 Å². The first-order chi connectivity index (χ1) is 12.6. The molecule has 0 saturated carbocycles. The van der Waals surface area contributed by atoms with Gasteiger partial charge >= 0.3 is 0 Å². The number of halogens is 2. The second-order valence-electron chi connectivity index (χ2n) is 6.62. The molecule has 0 radical (unpaired) electrons. The second-order valence-corrected chi connectivity index (χ2v) is 7.50. The standard InChI is InChI=1S/C20H23Cl2N3O/c21-17-4-1-3-16(13-17)7-8-23-20(26)15-24-9-11-25(12-10-24)19-6-2-5-18(22)14-19/h1-6,13-14H,7-12,15H2,(H,23,26)/p+1. The smallest absolute Gasteiger partial charge is 0.275 e. The third-order valence-electron chi connectivity index (χ3n) is 4.68. The van der Waals surface area contributed by atoms with E-state index >= 15 is 0 Å². The zero-order chi connectivity index (χ0) is 18.4. The summed E-state index contributed by atoms with van der Waals surface area (Å²) in [5.74, 6) is 0.109. The zero-order valence-corrected chi connectivity index (χ0v) is 16.2. The first kappa shape index (κ1) is 19.0. The number of hydrogen-bond donors (Lipinski definition) is 2. The molecule has 0 spiro atoms. The number of carbonyl (C=O) groups excluding carboxylic acids is 1. The molecule has 1 heterocycles. The van der Waals surface area contributed by atoms with Crippen molar-refractivity contribution in [2.24, 2.45) is 0 Å². The summed E-state index contributed by atoms with van der Waals surface area (Å²) in [6, 6.07) is 15.7. The molecule has 1 saturated heterocycles. The normalized spacial score (nSPS) is 15.1. The van der Waals surface area contributed by atoms with Crippen LogP contribution in [0.1, 0.15) is 5.56 Å². The Kier molecular flexibility index (Phi) is 6.78. The highest BCUT2D eigenvalue weighted by Gasteiger charge is 2.22. The lowest BCUT2D eigenvalue weighted by atomic mass is 10.1. The van der Waals surface area contributed by atoms with Crippen LogP contribution in [0.25, 0.3) is 0 Å². The fraction of sp³-hybridized carbons (Fsp3) is 0.350. The van der Waals surface area contributed by atoms with Gasteiger partial charge in [0.1, 0.15) is 0 Å². The van der Waals surface area contributed by atoms with Crippen LogP contribution in [-0.4, -0.2) is 45.2 Å². The van der Waals surface area contributed by atoms with Crippen LogP contribution >= 0.6 is 23.2 Å². The fourth-order valence-electron chi connectivity index (χ4n) is 3.26. The number of carbonyl (C=O) groups is 1. The Hall–Kier alpha value is -1.75. The number of anilines is 1. The van der Waals surface area contributed by atoms with Gasteiger partial charge in [-0.1, -0.05) is 41.4 Å². The van der Waals surface area contributed by atoms with Crippen molar-refractivity contribution in [3.8, 4) is 0 Å². The van der Waals surface area contributed by atoms with E-state index in [0.29, 0.717) is 13.1 Å². The van der Waals surface area contributed by atoms with Crippen molar-refractivity contribution in [3.63, 3.8) is 0 Å². The quantitative estimate of drug-likeness (QED) is 0.789. The molecule has 138 valence electrons. The Morgan fingerprint density at radius 2 is 1.73 bits per heavy atom. The third kappa shape index (κ3) is 5.63. The van der Waals surface area contributed by atoms with Crippen molar-refractivity contribution >= 4 is 34.8 Å². The molecular weight excluding hydrogens is 369 g/mol. The Morgan fingerprint density at radius 1 is 1.04 bits per heavy atom. The van der Waals surface area contributed by atoms with Crippen LogP contribution in [0.15, 0.2) is 48.5 Å². The highest BCUT2D eigenvalue weighted by atomic mass is 35.5. The van der Waals surface area contributed by atoms with Crippen molar-refractivity contribution in [2.45, 2.75) is 6.42 Å². The topological polar surface area (TPSA) is 36.8 Å². The lowest BCUT2D eigenvalue weighted by Crippen LogP contribution is -3.16. The molecule has 0 unspecified atom stereocenters. The summed E-state index contributed by atoms with van der Waals surface area (Å²) in [6.07, 6.45) is 0.796. The van der Waals surface area contributed by atoms with Gasteiger partial charge in [0.15, 0.2) is 6.54 Å². The second kappa shape index (κ2) is 9.26. The van der Waals surface area contributed by atoms with Crippen LogP contribution in [0, 0.1) is 0 Å². The summed E-state index contributed by atoms with van der Waals surface area (Å²) < 4.78 is 0. The zero-order valence-electron chi connectivity index (χ0n) is 14.7. The monoisotopic (exact) mass is 392 g/mol. The lowest BCUT2D eigenvalue weighted by Gasteiger charge is -2.33. The molecule has 3 rings (SSSR count). The van der Waals surface area contributed by atoms with Crippen molar-refractivity contribution in [1.82, 2.24) is 5.32 Å². The maximum atomic E-state index is 12.2. The maximum absolute atomic E-state index is 12.2. The van der Waals surface area contributed by atoms with Crippen LogP contribution in [0.4, 0.5) is 5.69 Å². The van der Waals surface area contributed by atoms with Gasteiger partial charge in [-0.2, -0.15) is 0 Å². The number of rotatable bonds is 6. The van der Waals surface area contributed by atoms with Gasteiger partial charge in [-0.05, 0) is 42.3 Å². The summed E-state index contributed by atoms with van der Waals surface area (Å²) in [5.41, 5.74) is 2.29. The van der Waals surface area contributed by atoms with Gasteiger partial charge in [0, 0.05) is 22.3 Å². The number of quaternary nitrogens is 1. The summed E-state index contributed by atoms with van der Waals surface area (Å²) in [5, 5.41) is 4.51. The summed E-state index contributed by atoms with van der Waals surface area (Å²) in [7, 11) is 0. The molecule has 0 aliphatic carbocycles. The minimum absolute atomic E-state index is 0.109. The van der Waals surface area contributed by atoms with E-state index in [1.165, 1.54) is 4.90 Å². The van der Waals surface area contributed by atoms with Crippen molar-refractivity contribution in [1.29, 1.82) is 0 Å². The van der Waals surface area contributed by atoms with E-state index in [-0.39, 0.29) is 5.91 Å². The van der Waals surface area contributed by atoms with Crippen LogP contribution in [-0.2, 0) is 11.2 Å². The van der Waals surface area contributed by atoms with Crippen molar-refractivity contribution in [3.05, 3.63) is 64.1 Å². The first-order valence-corrected chi connectivity index (χ1v) is 9.71. The van der Waals surface area contributed by atoms with E-state index in [1.54, 1.807) is 0 Å².